The standard InChI is InChI=1S/C17H19Br2N/c1-3-17(14-5-4-6-16(19)11-14)20-12(2)13-7-9-15(18)10-8-13/h4-12,17,20H,3H2,1-2H3/t12-,17?/m1/s1. The first-order chi connectivity index (χ1) is 9.60. The maximum atomic E-state index is 3.71. The molecule has 0 spiro atoms. The van der Waals surface area contributed by atoms with E-state index in [0.29, 0.717) is 12.1 Å². The Morgan fingerprint density at radius 2 is 1.65 bits per heavy atom. The minimum absolute atomic E-state index is 0.326. The van der Waals surface area contributed by atoms with Crippen molar-refractivity contribution in [2.45, 2.75) is 32.4 Å². The molecule has 0 saturated heterocycles. The van der Waals surface area contributed by atoms with Crippen molar-refractivity contribution in [1.82, 2.24) is 5.32 Å². The van der Waals surface area contributed by atoms with Crippen LogP contribution >= 0.6 is 31.9 Å². The van der Waals surface area contributed by atoms with Crippen molar-refractivity contribution in [3.63, 3.8) is 0 Å². The van der Waals surface area contributed by atoms with Crippen molar-refractivity contribution in [3.05, 3.63) is 68.6 Å². The van der Waals surface area contributed by atoms with Crippen LogP contribution in [0.3, 0.4) is 0 Å². The summed E-state index contributed by atoms with van der Waals surface area (Å²) in [5.41, 5.74) is 2.63. The molecule has 0 amide bonds. The first-order valence-corrected chi connectivity index (χ1v) is 8.45. The Bertz CT molecular complexity index is 551. The Hall–Kier alpha value is -0.640. The normalized spacial score (nSPS) is 14.0. The SMILES string of the molecule is CCC(N[C@H](C)c1ccc(Br)cc1)c1cccc(Br)c1. The molecule has 0 bridgehead atoms. The van der Waals surface area contributed by atoms with E-state index in [1.54, 1.807) is 0 Å². The fourth-order valence-corrected chi connectivity index (χ4v) is 3.00. The van der Waals surface area contributed by atoms with Crippen LogP contribution in [0.2, 0.25) is 0 Å². The average molecular weight is 397 g/mol. The van der Waals surface area contributed by atoms with Gasteiger partial charge in [-0.2, -0.15) is 0 Å². The highest BCUT2D eigenvalue weighted by molar-refractivity contribution is 9.10. The molecule has 0 fully saturated rings. The van der Waals surface area contributed by atoms with Gasteiger partial charge in [-0.1, -0.05) is 63.0 Å². The summed E-state index contributed by atoms with van der Waals surface area (Å²) in [5.74, 6) is 0. The molecule has 0 heterocycles. The van der Waals surface area contributed by atoms with E-state index < -0.39 is 0 Å². The molecular weight excluding hydrogens is 378 g/mol. The number of nitrogens with one attached hydrogen (secondary N) is 1. The first-order valence-electron chi connectivity index (χ1n) is 6.87. The molecule has 20 heavy (non-hydrogen) atoms. The van der Waals surface area contributed by atoms with Crippen molar-refractivity contribution >= 4 is 31.9 Å². The van der Waals surface area contributed by atoms with Crippen LogP contribution in [0, 0.1) is 0 Å². The number of halogens is 2. The second-order valence-electron chi connectivity index (χ2n) is 4.96. The molecule has 1 nitrogen and oxygen atoms in total. The van der Waals surface area contributed by atoms with Gasteiger partial charge < -0.3 is 5.32 Å². The van der Waals surface area contributed by atoms with Crippen molar-refractivity contribution in [2.24, 2.45) is 0 Å². The van der Waals surface area contributed by atoms with E-state index in [0.717, 1.165) is 15.4 Å². The fourth-order valence-electron chi connectivity index (χ4n) is 2.32. The first kappa shape index (κ1) is 15.7. The highest BCUT2D eigenvalue weighted by Gasteiger charge is 2.13. The molecule has 0 aliphatic carbocycles. The molecule has 0 saturated carbocycles. The van der Waals surface area contributed by atoms with E-state index in [2.05, 4.69) is 99.6 Å². The predicted octanol–water partition coefficient (Wildman–Crippen LogP) is 6.01. The zero-order chi connectivity index (χ0) is 14.5. The highest BCUT2D eigenvalue weighted by Crippen LogP contribution is 2.25. The molecule has 0 radical (unpaired) electrons. The smallest absolute Gasteiger partial charge is 0.0323 e. The van der Waals surface area contributed by atoms with Gasteiger partial charge in [0.1, 0.15) is 0 Å². The average Bonchev–Trinajstić information content (AvgIpc) is 2.45. The lowest BCUT2D eigenvalue weighted by atomic mass is 10.0. The quantitative estimate of drug-likeness (QED) is 0.651. The molecule has 3 heteroatoms. The third-order valence-electron chi connectivity index (χ3n) is 3.48. The molecule has 0 aliphatic heterocycles. The van der Waals surface area contributed by atoms with E-state index in [-0.39, 0.29) is 0 Å². The van der Waals surface area contributed by atoms with Gasteiger partial charge in [0, 0.05) is 21.0 Å². The lowest BCUT2D eigenvalue weighted by molar-refractivity contribution is 0.456. The van der Waals surface area contributed by atoms with Crippen LogP contribution in [-0.2, 0) is 0 Å². The molecule has 2 atom stereocenters. The van der Waals surface area contributed by atoms with Crippen molar-refractivity contribution in [1.29, 1.82) is 0 Å². The Labute approximate surface area is 138 Å². The fraction of sp³-hybridized carbons (Fsp3) is 0.294. The van der Waals surface area contributed by atoms with Crippen LogP contribution in [0.15, 0.2) is 57.5 Å². The summed E-state index contributed by atoms with van der Waals surface area (Å²) in [6.07, 6.45) is 1.07. The van der Waals surface area contributed by atoms with Crippen LogP contribution in [0.25, 0.3) is 0 Å². The molecule has 0 aliphatic rings. The number of benzene rings is 2. The lowest BCUT2D eigenvalue weighted by Gasteiger charge is -2.23. The van der Waals surface area contributed by atoms with Crippen LogP contribution in [0.1, 0.15) is 43.5 Å². The number of hydrogen-bond donors (Lipinski definition) is 1. The van der Waals surface area contributed by atoms with Gasteiger partial charge in [0.15, 0.2) is 0 Å². The summed E-state index contributed by atoms with van der Waals surface area (Å²) in [7, 11) is 0. The molecule has 106 valence electrons. The maximum Gasteiger partial charge on any atom is 0.0323 e. The second kappa shape index (κ2) is 7.39. The van der Waals surface area contributed by atoms with E-state index >= 15 is 0 Å². The molecule has 1 unspecified atom stereocenters. The predicted molar refractivity (Wildman–Crippen MR) is 92.9 cm³/mol. The topological polar surface area (TPSA) is 12.0 Å². The van der Waals surface area contributed by atoms with Gasteiger partial charge in [-0.05, 0) is 48.7 Å². The minimum Gasteiger partial charge on any atom is -0.303 e. The summed E-state index contributed by atoms with van der Waals surface area (Å²) >= 11 is 7.02. The summed E-state index contributed by atoms with van der Waals surface area (Å²) in [6.45, 7) is 4.43. The van der Waals surface area contributed by atoms with Crippen LogP contribution in [0.4, 0.5) is 0 Å². The minimum atomic E-state index is 0.326. The summed E-state index contributed by atoms with van der Waals surface area (Å²) in [6, 6.07) is 17.7. The van der Waals surface area contributed by atoms with E-state index in [9.17, 15) is 0 Å². The molecular formula is C17H19Br2N. The third-order valence-corrected chi connectivity index (χ3v) is 4.50. The zero-order valence-electron chi connectivity index (χ0n) is 11.7. The van der Waals surface area contributed by atoms with Gasteiger partial charge >= 0.3 is 0 Å². The summed E-state index contributed by atoms with van der Waals surface area (Å²) in [4.78, 5) is 0. The highest BCUT2D eigenvalue weighted by atomic mass is 79.9. The van der Waals surface area contributed by atoms with Crippen LogP contribution in [-0.4, -0.2) is 0 Å². The van der Waals surface area contributed by atoms with Gasteiger partial charge in [-0.3, -0.25) is 0 Å². The van der Waals surface area contributed by atoms with Gasteiger partial charge in [0.25, 0.3) is 0 Å². The zero-order valence-corrected chi connectivity index (χ0v) is 14.9. The Morgan fingerprint density at radius 1 is 0.950 bits per heavy atom. The largest absolute Gasteiger partial charge is 0.303 e. The number of rotatable bonds is 5. The summed E-state index contributed by atoms with van der Waals surface area (Å²) < 4.78 is 2.25. The van der Waals surface area contributed by atoms with Crippen molar-refractivity contribution < 1.29 is 0 Å². The van der Waals surface area contributed by atoms with Crippen molar-refractivity contribution in [2.75, 3.05) is 0 Å². The van der Waals surface area contributed by atoms with E-state index in [4.69, 9.17) is 0 Å². The molecule has 2 aromatic carbocycles. The van der Waals surface area contributed by atoms with Crippen LogP contribution in [0.5, 0.6) is 0 Å². The number of hydrogen-bond acceptors (Lipinski definition) is 1. The van der Waals surface area contributed by atoms with Gasteiger partial charge in [-0.15, -0.1) is 0 Å². The molecule has 1 N–H and O–H groups in total. The second-order valence-corrected chi connectivity index (χ2v) is 6.79. The van der Waals surface area contributed by atoms with E-state index in [1.165, 1.54) is 11.1 Å². The molecule has 2 aromatic rings. The van der Waals surface area contributed by atoms with Crippen LogP contribution < -0.4 is 5.32 Å². The maximum absolute atomic E-state index is 3.71. The molecule has 2 rings (SSSR count). The Kier molecular flexibility index (Phi) is 5.82. The van der Waals surface area contributed by atoms with Crippen molar-refractivity contribution in [3.8, 4) is 0 Å². The molecule has 0 aromatic heterocycles. The van der Waals surface area contributed by atoms with Gasteiger partial charge in [0.2, 0.25) is 0 Å². The Balaban J connectivity index is 2.11. The lowest BCUT2D eigenvalue weighted by Crippen LogP contribution is -2.24. The monoisotopic (exact) mass is 395 g/mol. The summed E-state index contributed by atoms with van der Waals surface area (Å²) in [5, 5.41) is 3.71. The van der Waals surface area contributed by atoms with Gasteiger partial charge in [-0.25, -0.2) is 0 Å². The Morgan fingerprint density at radius 3 is 2.25 bits per heavy atom. The van der Waals surface area contributed by atoms with E-state index in [1.807, 2.05) is 0 Å². The third kappa shape index (κ3) is 4.18. The van der Waals surface area contributed by atoms with Gasteiger partial charge in [0.05, 0.1) is 0 Å².